The van der Waals surface area contributed by atoms with Gasteiger partial charge in [0.1, 0.15) is 18.5 Å². The van der Waals surface area contributed by atoms with Gasteiger partial charge >= 0.3 is 6.09 Å². The van der Waals surface area contributed by atoms with Crippen LogP contribution >= 0.6 is 0 Å². The van der Waals surface area contributed by atoms with Gasteiger partial charge in [0.25, 0.3) is 5.91 Å². The Bertz CT molecular complexity index is 1210. The molecule has 11 nitrogen and oxygen atoms in total. The molecule has 11 heteroatoms. The van der Waals surface area contributed by atoms with Crippen molar-refractivity contribution in [2.24, 2.45) is 0 Å². The van der Waals surface area contributed by atoms with Crippen LogP contribution in [-0.2, 0) is 27.5 Å². The molecule has 1 atom stereocenters. The standard InChI is InChI=1S/C25H28N6O5/c1-29(2)18-12-30(13-18)21-7-5-17(10-26-21)27-25(35)36-14-15-3-4-16-11-31(24(34)19(16)9-15)20-6-8-22(32)28-23(20)33/h3-5,7,9-10,18,20H,6,8,11-14H2,1-2H3,(H,27,35)(H,28,32,33). The van der Waals surface area contributed by atoms with Crippen molar-refractivity contribution in [3.63, 3.8) is 0 Å². The number of piperidine rings is 1. The van der Waals surface area contributed by atoms with Crippen LogP contribution in [0.1, 0.15) is 34.3 Å². The van der Waals surface area contributed by atoms with Gasteiger partial charge < -0.3 is 19.4 Å². The van der Waals surface area contributed by atoms with Crippen LogP contribution in [0.4, 0.5) is 16.3 Å². The number of benzene rings is 1. The molecule has 1 aromatic heterocycles. The first-order chi connectivity index (χ1) is 17.3. The van der Waals surface area contributed by atoms with Crippen LogP contribution in [0.2, 0.25) is 0 Å². The van der Waals surface area contributed by atoms with E-state index in [1.54, 1.807) is 30.5 Å². The van der Waals surface area contributed by atoms with Crippen LogP contribution in [0, 0.1) is 0 Å². The molecule has 0 aliphatic carbocycles. The molecular formula is C25H28N6O5. The summed E-state index contributed by atoms with van der Waals surface area (Å²) in [6.45, 7) is 2.13. The Labute approximate surface area is 208 Å². The largest absolute Gasteiger partial charge is 0.444 e. The molecule has 36 heavy (non-hydrogen) atoms. The minimum absolute atomic E-state index is 0.0178. The average Bonchev–Trinajstić information content (AvgIpc) is 3.13. The van der Waals surface area contributed by atoms with E-state index in [2.05, 4.69) is 39.5 Å². The van der Waals surface area contributed by atoms with Gasteiger partial charge in [0.05, 0.1) is 11.9 Å². The number of anilines is 2. The van der Waals surface area contributed by atoms with Gasteiger partial charge in [-0.1, -0.05) is 12.1 Å². The highest BCUT2D eigenvalue weighted by molar-refractivity contribution is 6.05. The van der Waals surface area contributed by atoms with Crippen LogP contribution in [0.3, 0.4) is 0 Å². The number of ether oxygens (including phenoxy) is 1. The predicted molar refractivity (Wildman–Crippen MR) is 130 cm³/mol. The van der Waals surface area contributed by atoms with E-state index in [1.807, 2.05) is 6.07 Å². The lowest BCUT2D eigenvalue weighted by Gasteiger charge is -2.43. The highest BCUT2D eigenvalue weighted by Gasteiger charge is 2.39. The number of pyridine rings is 1. The van der Waals surface area contributed by atoms with Crippen LogP contribution in [-0.4, -0.2) is 77.9 Å². The van der Waals surface area contributed by atoms with Crippen molar-refractivity contribution < 1.29 is 23.9 Å². The lowest BCUT2D eigenvalue weighted by Crippen LogP contribution is -2.57. The van der Waals surface area contributed by atoms with Crippen molar-refractivity contribution in [1.29, 1.82) is 0 Å². The zero-order chi connectivity index (χ0) is 25.4. The van der Waals surface area contributed by atoms with Crippen molar-refractivity contribution in [1.82, 2.24) is 20.1 Å². The summed E-state index contributed by atoms with van der Waals surface area (Å²) in [5, 5.41) is 4.96. The van der Waals surface area contributed by atoms with Gasteiger partial charge in [0.15, 0.2) is 0 Å². The molecular weight excluding hydrogens is 464 g/mol. The van der Waals surface area contributed by atoms with Crippen molar-refractivity contribution in [3.05, 3.63) is 53.2 Å². The average molecular weight is 493 g/mol. The van der Waals surface area contributed by atoms with Crippen molar-refractivity contribution >= 4 is 35.3 Å². The molecule has 0 bridgehead atoms. The Morgan fingerprint density at radius 2 is 2.00 bits per heavy atom. The Kier molecular flexibility index (Phi) is 6.31. The number of carbonyl (C=O) groups excluding carboxylic acids is 4. The summed E-state index contributed by atoms with van der Waals surface area (Å²) in [5.74, 6) is -0.172. The fraction of sp³-hybridized carbons (Fsp3) is 0.400. The molecule has 0 spiro atoms. The number of aromatic nitrogens is 1. The zero-order valence-electron chi connectivity index (χ0n) is 20.2. The minimum atomic E-state index is -0.663. The summed E-state index contributed by atoms with van der Waals surface area (Å²) in [5.41, 5.74) is 2.45. The number of nitrogens with zero attached hydrogens (tertiary/aromatic N) is 4. The van der Waals surface area contributed by atoms with Gasteiger partial charge in [-0.3, -0.25) is 25.0 Å². The fourth-order valence-electron chi connectivity index (χ4n) is 4.61. The molecule has 2 N–H and O–H groups in total. The predicted octanol–water partition coefficient (Wildman–Crippen LogP) is 1.34. The number of hydrogen-bond acceptors (Lipinski definition) is 8. The molecule has 3 aliphatic heterocycles. The molecule has 4 amide bonds. The Balaban J connectivity index is 1.13. The molecule has 4 heterocycles. The van der Waals surface area contributed by atoms with E-state index in [4.69, 9.17) is 4.74 Å². The molecule has 1 unspecified atom stereocenters. The zero-order valence-corrected chi connectivity index (χ0v) is 20.2. The summed E-state index contributed by atoms with van der Waals surface area (Å²) < 4.78 is 5.33. The van der Waals surface area contributed by atoms with Gasteiger partial charge in [-0.2, -0.15) is 0 Å². The van der Waals surface area contributed by atoms with E-state index in [9.17, 15) is 19.2 Å². The molecule has 2 aromatic rings. The quantitative estimate of drug-likeness (QED) is 0.579. The second kappa shape index (κ2) is 9.57. The van der Waals surface area contributed by atoms with E-state index in [0.717, 1.165) is 24.5 Å². The summed E-state index contributed by atoms with van der Waals surface area (Å²) in [6.07, 6.45) is 1.48. The van der Waals surface area contributed by atoms with Crippen molar-refractivity contribution in [2.75, 3.05) is 37.4 Å². The maximum atomic E-state index is 12.9. The Hall–Kier alpha value is -3.99. The second-order valence-electron chi connectivity index (χ2n) is 9.52. The molecule has 0 radical (unpaired) electrons. The van der Waals surface area contributed by atoms with Crippen LogP contribution in [0.25, 0.3) is 0 Å². The molecule has 0 saturated carbocycles. The number of fused-ring (bicyclic) bond motifs is 1. The van der Waals surface area contributed by atoms with Crippen LogP contribution in [0.15, 0.2) is 36.5 Å². The summed E-state index contributed by atoms with van der Waals surface area (Å²) in [7, 11) is 4.12. The molecule has 5 rings (SSSR count). The van der Waals surface area contributed by atoms with Crippen LogP contribution in [0.5, 0.6) is 0 Å². The van der Waals surface area contributed by atoms with Gasteiger partial charge in [0, 0.05) is 37.7 Å². The first-order valence-corrected chi connectivity index (χ1v) is 11.9. The SMILES string of the molecule is CN(C)C1CN(c2ccc(NC(=O)OCc3ccc4c(c3)C(=O)N(C3CCC(=O)NC3=O)C4)cn2)C1. The first kappa shape index (κ1) is 23.7. The summed E-state index contributed by atoms with van der Waals surface area (Å²) >= 11 is 0. The smallest absolute Gasteiger partial charge is 0.412 e. The van der Waals surface area contributed by atoms with E-state index < -0.39 is 18.0 Å². The van der Waals surface area contributed by atoms with Gasteiger partial charge in [0.2, 0.25) is 11.8 Å². The first-order valence-electron chi connectivity index (χ1n) is 11.9. The number of likely N-dealkylation sites (N-methyl/N-ethyl adjacent to an activating group) is 1. The highest BCUT2D eigenvalue weighted by atomic mass is 16.5. The minimum Gasteiger partial charge on any atom is -0.444 e. The molecule has 2 fully saturated rings. The molecule has 2 saturated heterocycles. The van der Waals surface area contributed by atoms with Crippen LogP contribution < -0.4 is 15.5 Å². The fourth-order valence-corrected chi connectivity index (χ4v) is 4.61. The van der Waals surface area contributed by atoms with Gasteiger partial charge in [-0.25, -0.2) is 9.78 Å². The second-order valence-corrected chi connectivity index (χ2v) is 9.52. The van der Waals surface area contributed by atoms with Crippen molar-refractivity contribution in [3.8, 4) is 0 Å². The Morgan fingerprint density at radius 3 is 2.69 bits per heavy atom. The summed E-state index contributed by atoms with van der Waals surface area (Å²) in [6, 6.07) is 8.78. The number of hydrogen-bond donors (Lipinski definition) is 2. The molecule has 188 valence electrons. The molecule has 3 aliphatic rings. The lowest BCUT2D eigenvalue weighted by atomic mass is 10.0. The third kappa shape index (κ3) is 4.74. The van der Waals surface area contributed by atoms with E-state index in [0.29, 0.717) is 35.8 Å². The number of amides is 4. The topological polar surface area (TPSA) is 124 Å². The molecule has 1 aromatic carbocycles. The third-order valence-corrected chi connectivity index (χ3v) is 6.87. The highest BCUT2D eigenvalue weighted by Crippen LogP contribution is 2.28. The van der Waals surface area contributed by atoms with Gasteiger partial charge in [-0.15, -0.1) is 0 Å². The normalized spacial score (nSPS) is 19.8. The van der Waals surface area contributed by atoms with E-state index in [-0.39, 0.29) is 24.8 Å². The number of imide groups is 1. The van der Waals surface area contributed by atoms with E-state index in [1.165, 1.54) is 4.90 Å². The Morgan fingerprint density at radius 1 is 1.19 bits per heavy atom. The summed E-state index contributed by atoms with van der Waals surface area (Å²) in [4.78, 5) is 59.1. The number of rotatable bonds is 6. The monoisotopic (exact) mass is 492 g/mol. The number of carbonyl (C=O) groups is 4. The van der Waals surface area contributed by atoms with E-state index >= 15 is 0 Å². The maximum absolute atomic E-state index is 12.9. The maximum Gasteiger partial charge on any atom is 0.412 e. The van der Waals surface area contributed by atoms with Gasteiger partial charge in [-0.05, 0) is 49.8 Å². The number of nitrogens with one attached hydrogen (secondary N) is 2. The lowest BCUT2D eigenvalue weighted by molar-refractivity contribution is -0.136. The third-order valence-electron chi connectivity index (χ3n) is 6.87. The van der Waals surface area contributed by atoms with Crippen molar-refractivity contribution in [2.45, 2.75) is 38.1 Å².